The van der Waals surface area contributed by atoms with Gasteiger partial charge >= 0.3 is 0 Å². The molecule has 2 unspecified atom stereocenters. The Morgan fingerprint density at radius 3 is 3.00 bits per heavy atom. The Morgan fingerprint density at radius 1 is 1.57 bits per heavy atom. The number of hydrogen-bond donors (Lipinski definition) is 1. The van der Waals surface area contributed by atoms with Crippen LogP contribution < -0.4 is 5.32 Å². The van der Waals surface area contributed by atoms with Gasteiger partial charge in [0.15, 0.2) is 5.82 Å². The Labute approximate surface area is 138 Å². The second-order valence-corrected chi connectivity index (χ2v) is 6.38. The van der Waals surface area contributed by atoms with E-state index in [2.05, 4.69) is 16.4 Å². The van der Waals surface area contributed by atoms with Crippen molar-refractivity contribution in [3.8, 4) is 6.07 Å². The zero-order valence-electron chi connectivity index (χ0n) is 10.5. The topological polar surface area (TPSA) is 65.8 Å². The van der Waals surface area contributed by atoms with Crippen molar-refractivity contribution >= 4 is 56.7 Å². The Morgan fingerprint density at radius 2 is 2.33 bits per heavy atom. The summed E-state index contributed by atoms with van der Waals surface area (Å²) in [4.78, 5) is 15.9. The quantitative estimate of drug-likeness (QED) is 0.600. The maximum Gasteiger partial charge on any atom is 0.230 e. The number of nitrogens with one attached hydrogen (secondary N) is 1. The van der Waals surface area contributed by atoms with Crippen LogP contribution in [0.4, 0.5) is 10.2 Å². The number of pyridine rings is 1. The number of fused-ring (bicyclic) bond motifs is 1. The van der Waals surface area contributed by atoms with Gasteiger partial charge in [-0.15, -0.1) is 0 Å². The van der Waals surface area contributed by atoms with E-state index >= 15 is 0 Å². The molecule has 4 nitrogen and oxygen atoms in total. The third-order valence-electron chi connectivity index (χ3n) is 3.40. The summed E-state index contributed by atoms with van der Waals surface area (Å²) in [6.07, 6.45) is 2.02. The molecule has 2 aromatic rings. The third-order valence-corrected chi connectivity index (χ3v) is 4.56. The molecule has 0 saturated heterocycles. The van der Waals surface area contributed by atoms with E-state index in [9.17, 15) is 9.18 Å². The number of nitriles is 1. The van der Waals surface area contributed by atoms with E-state index in [1.54, 1.807) is 12.1 Å². The lowest BCUT2D eigenvalue weighted by atomic mass is 10.1. The van der Waals surface area contributed by atoms with Gasteiger partial charge in [0.2, 0.25) is 5.91 Å². The summed E-state index contributed by atoms with van der Waals surface area (Å²) in [6.45, 7) is 0. The fourth-order valence-electron chi connectivity index (χ4n) is 2.11. The van der Waals surface area contributed by atoms with E-state index in [4.69, 9.17) is 16.9 Å². The number of rotatable bonds is 2. The highest BCUT2D eigenvalue weighted by atomic mass is 127. The Balaban J connectivity index is 1.90. The first-order chi connectivity index (χ1) is 10.0. The third kappa shape index (κ3) is 2.68. The van der Waals surface area contributed by atoms with Crippen LogP contribution in [0.15, 0.2) is 18.3 Å². The number of anilines is 1. The molecule has 21 heavy (non-hydrogen) atoms. The minimum absolute atomic E-state index is 0.0222. The number of aromatic nitrogens is 1. The maximum atomic E-state index is 13.7. The number of benzene rings is 1. The second kappa shape index (κ2) is 5.39. The molecule has 3 rings (SSSR count). The molecule has 0 aliphatic heterocycles. The molecule has 1 aliphatic carbocycles. The van der Waals surface area contributed by atoms with Crippen LogP contribution in [0, 0.1) is 32.6 Å². The molecule has 2 atom stereocenters. The van der Waals surface area contributed by atoms with Crippen molar-refractivity contribution < 1.29 is 9.18 Å². The molecular weight excluding hydrogens is 408 g/mol. The molecule has 1 saturated carbocycles. The molecule has 1 N–H and O–H groups in total. The standard InChI is InChI=1S/C14H8ClFIN3O/c15-12-9-5-19-11(3-6(9)2-10(17)13(12)16)20-14(21)8-1-7(8)4-18/h2-3,5,7-8H,1H2,(H,19,20,21). The largest absolute Gasteiger partial charge is 0.310 e. The number of carbonyl (C=O) groups is 1. The number of amides is 1. The summed E-state index contributed by atoms with van der Waals surface area (Å²) in [5, 5.41) is 12.6. The Kier molecular flexibility index (Phi) is 3.71. The minimum atomic E-state index is -0.474. The van der Waals surface area contributed by atoms with Crippen LogP contribution in [0.5, 0.6) is 0 Å². The number of carbonyl (C=O) groups excluding carboxylic acids is 1. The van der Waals surface area contributed by atoms with Crippen LogP contribution >= 0.6 is 34.2 Å². The van der Waals surface area contributed by atoms with Crippen LogP contribution in [-0.2, 0) is 4.79 Å². The van der Waals surface area contributed by atoms with Crippen LogP contribution in [-0.4, -0.2) is 10.9 Å². The lowest BCUT2D eigenvalue weighted by Crippen LogP contribution is -2.15. The van der Waals surface area contributed by atoms with Crippen LogP contribution in [0.1, 0.15) is 6.42 Å². The van der Waals surface area contributed by atoms with Crippen molar-refractivity contribution in [1.82, 2.24) is 4.98 Å². The summed E-state index contributed by atoms with van der Waals surface area (Å²) < 4.78 is 14.1. The van der Waals surface area contributed by atoms with Gasteiger partial charge in [-0.1, -0.05) is 11.6 Å². The molecule has 0 radical (unpaired) electrons. The molecule has 7 heteroatoms. The summed E-state index contributed by atoms with van der Waals surface area (Å²) in [5.74, 6) is -0.775. The smallest absolute Gasteiger partial charge is 0.230 e. The summed E-state index contributed by atoms with van der Waals surface area (Å²) in [7, 11) is 0. The number of halogens is 3. The van der Waals surface area contributed by atoms with Gasteiger partial charge in [-0.25, -0.2) is 9.37 Å². The normalized spacial score (nSPS) is 20.1. The number of nitrogens with zero attached hydrogens (tertiary/aromatic N) is 2. The van der Waals surface area contributed by atoms with Crippen LogP contribution in [0.25, 0.3) is 10.8 Å². The van der Waals surface area contributed by atoms with Gasteiger partial charge in [-0.2, -0.15) is 5.26 Å². The van der Waals surface area contributed by atoms with Crippen LogP contribution in [0.2, 0.25) is 5.02 Å². The molecule has 1 aromatic carbocycles. The molecule has 106 valence electrons. The van der Waals surface area contributed by atoms with Gasteiger partial charge in [-0.3, -0.25) is 4.79 Å². The molecular formula is C14H8ClFIN3O. The second-order valence-electron chi connectivity index (χ2n) is 4.84. The highest BCUT2D eigenvalue weighted by Gasteiger charge is 2.43. The lowest BCUT2D eigenvalue weighted by molar-refractivity contribution is -0.117. The predicted molar refractivity (Wildman–Crippen MR) is 85.3 cm³/mol. The predicted octanol–water partition coefficient (Wildman–Crippen LogP) is 3.73. The number of hydrogen-bond acceptors (Lipinski definition) is 3. The van der Waals surface area contributed by atoms with E-state index in [1.165, 1.54) is 6.20 Å². The zero-order chi connectivity index (χ0) is 15.1. The monoisotopic (exact) mass is 415 g/mol. The molecule has 1 amide bonds. The molecule has 1 aromatic heterocycles. The van der Waals surface area contributed by atoms with Crippen molar-refractivity contribution in [2.45, 2.75) is 6.42 Å². The van der Waals surface area contributed by atoms with Gasteiger partial charge in [0.1, 0.15) is 5.82 Å². The first-order valence-electron chi connectivity index (χ1n) is 6.15. The fourth-order valence-corrected chi connectivity index (χ4v) is 3.14. The Bertz CT molecular complexity index is 805. The van der Waals surface area contributed by atoms with E-state index in [0.29, 0.717) is 26.6 Å². The molecule has 0 spiro atoms. The van der Waals surface area contributed by atoms with Gasteiger partial charge in [0.25, 0.3) is 0 Å². The highest BCUT2D eigenvalue weighted by Crippen LogP contribution is 2.38. The maximum absolute atomic E-state index is 13.7. The van der Waals surface area contributed by atoms with E-state index in [0.717, 1.165) is 0 Å². The lowest BCUT2D eigenvalue weighted by Gasteiger charge is -2.07. The summed E-state index contributed by atoms with van der Waals surface area (Å²) in [6, 6.07) is 5.35. The summed E-state index contributed by atoms with van der Waals surface area (Å²) >= 11 is 7.80. The van der Waals surface area contributed by atoms with Crippen molar-refractivity contribution in [3.05, 3.63) is 32.7 Å². The van der Waals surface area contributed by atoms with Crippen molar-refractivity contribution in [2.75, 3.05) is 5.32 Å². The highest BCUT2D eigenvalue weighted by molar-refractivity contribution is 14.1. The zero-order valence-corrected chi connectivity index (χ0v) is 13.4. The molecule has 1 heterocycles. The molecule has 1 aliphatic rings. The first kappa shape index (κ1) is 14.5. The SMILES string of the molecule is N#CC1CC1C(=O)Nc1cc2cc(I)c(F)c(Cl)c2cn1. The van der Waals surface area contributed by atoms with E-state index < -0.39 is 5.82 Å². The van der Waals surface area contributed by atoms with Gasteiger partial charge in [-0.05, 0) is 46.5 Å². The minimum Gasteiger partial charge on any atom is -0.310 e. The van der Waals surface area contributed by atoms with Gasteiger partial charge in [0.05, 0.1) is 26.5 Å². The van der Waals surface area contributed by atoms with Crippen molar-refractivity contribution in [3.63, 3.8) is 0 Å². The summed E-state index contributed by atoms with van der Waals surface area (Å²) in [5.41, 5.74) is 0. The average molecular weight is 416 g/mol. The van der Waals surface area contributed by atoms with Gasteiger partial charge in [0, 0.05) is 11.6 Å². The molecule has 1 fully saturated rings. The van der Waals surface area contributed by atoms with Crippen molar-refractivity contribution in [1.29, 1.82) is 5.26 Å². The van der Waals surface area contributed by atoms with Crippen molar-refractivity contribution in [2.24, 2.45) is 11.8 Å². The van der Waals surface area contributed by atoms with E-state index in [-0.39, 0.29) is 22.8 Å². The van der Waals surface area contributed by atoms with Crippen LogP contribution in [0.3, 0.4) is 0 Å². The van der Waals surface area contributed by atoms with E-state index in [1.807, 2.05) is 22.6 Å². The van der Waals surface area contributed by atoms with Gasteiger partial charge < -0.3 is 5.32 Å². The Hall–Kier alpha value is -1.46. The fraction of sp³-hybridized carbons (Fsp3) is 0.214. The average Bonchev–Trinajstić information content (AvgIpc) is 3.24. The first-order valence-corrected chi connectivity index (χ1v) is 7.60. The molecule has 0 bridgehead atoms.